The van der Waals surface area contributed by atoms with E-state index < -0.39 is 0 Å². The molecule has 1 unspecified atom stereocenters. The van der Waals surface area contributed by atoms with Crippen LogP contribution in [0.1, 0.15) is 6.92 Å². The molecular weight excluding hydrogens is 228 g/mol. The minimum absolute atomic E-state index is 0.244. The molecule has 1 saturated heterocycles. The van der Waals surface area contributed by atoms with E-state index in [2.05, 4.69) is 34.5 Å². The molecular formula is C13H22N4O. The first kappa shape index (κ1) is 13.1. The summed E-state index contributed by atoms with van der Waals surface area (Å²) in [5, 5.41) is 6.53. The van der Waals surface area contributed by atoms with Crippen LogP contribution in [0.3, 0.4) is 0 Å². The van der Waals surface area contributed by atoms with Crippen molar-refractivity contribution >= 4 is 11.6 Å². The van der Waals surface area contributed by atoms with Gasteiger partial charge in [-0.25, -0.2) is 4.98 Å². The van der Waals surface area contributed by atoms with Crippen LogP contribution in [-0.2, 0) is 4.74 Å². The van der Waals surface area contributed by atoms with Gasteiger partial charge in [0.25, 0.3) is 0 Å². The Labute approximate surface area is 109 Å². The smallest absolute Gasteiger partial charge is 0.128 e. The molecule has 0 saturated carbocycles. The van der Waals surface area contributed by atoms with E-state index in [0.717, 1.165) is 44.4 Å². The summed E-state index contributed by atoms with van der Waals surface area (Å²) >= 11 is 0. The lowest BCUT2D eigenvalue weighted by Crippen LogP contribution is -2.43. The minimum Gasteiger partial charge on any atom is -0.374 e. The number of anilines is 2. The Morgan fingerprint density at radius 2 is 2.17 bits per heavy atom. The quantitative estimate of drug-likeness (QED) is 0.824. The van der Waals surface area contributed by atoms with Crippen LogP contribution in [0.2, 0.25) is 0 Å². The molecule has 0 amide bonds. The van der Waals surface area contributed by atoms with Crippen molar-refractivity contribution in [2.45, 2.75) is 13.0 Å². The number of pyridine rings is 1. The van der Waals surface area contributed by atoms with Gasteiger partial charge in [0.15, 0.2) is 0 Å². The van der Waals surface area contributed by atoms with Gasteiger partial charge in [-0.3, -0.25) is 0 Å². The Hall–Kier alpha value is -1.33. The third kappa shape index (κ3) is 3.85. The maximum Gasteiger partial charge on any atom is 0.128 e. The zero-order valence-corrected chi connectivity index (χ0v) is 11.1. The Balaban J connectivity index is 1.83. The Kier molecular flexibility index (Phi) is 4.78. The van der Waals surface area contributed by atoms with Gasteiger partial charge in [-0.15, -0.1) is 0 Å². The van der Waals surface area contributed by atoms with E-state index in [4.69, 9.17) is 4.74 Å². The molecule has 0 spiro atoms. The van der Waals surface area contributed by atoms with Gasteiger partial charge in [-0.2, -0.15) is 0 Å². The predicted molar refractivity (Wildman–Crippen MR) is 74.1 cm³/mol. The molecule has 0 aromatic carbocycles. The van der Waals surface area contributed by atoms with Gasteiger partial charge in [-0.1, -0.05) is 6.07 Å². The molecule has 5 nitrogen and oxygen atoms in total. The van der Waals surface area contributed by atoms with Crippen molar-refractivity contribution in [3.05, 3.63) is 18.2 Å². The second-order valence-electron chi connectivity index (χ2n) is 4.57. The molecule has 5 heteroatoms. The molecule has 0 bridgehead atoms. The van der Waals surface area contributed by atoms with Crippen molar-refractivity contribution in [3.63, 3.8) is 0 Å². The molecule has 0 aliphatic carbocycles. The van der Waals surface area contributed by atoms with E-state index in [1.807, 2.05) is 18.2 Å². The van der Waals surface area contributed by atoms with Crippen LogP contribution in [-0.4, -0.2) is 55.8 Å². The Morgan fingerprint density at radius 3 is 2.89 bits per heavy atom. The topological polar surface area (TPSA) is 49.4 Å². The summed E-state index contributed by atoms with van der Waals surface area (Å²) < 4.78 is 5.70. The van der Waals surface area contributed by atoms with Crippen molar-refractivity contribution in [2.75, 3.05) is 50.5 Å². The number of nitrogens with one attached hydrogen (secondary N) is 2. The molecule has 2 N–H and O–H groups in total. The van der Waals surface area contributed by atoms with E-state index in [0.29, 0.717) is 0 Å². The molecule has 1 atom stereocenters. The van der Waals surface area contributed by atoms with Crippen LogP contribution in [0.5, 0.6) is 0 Å². The monoisotopic (exact) mass is 250 g/mol. The third-order valence-corrected chi connectivity index (χ3v) is 2.96. The number of morpholine rings is 1. The second kappa shape index (κ2) is 6.56. The normalized spacial score (nSPS) is 20.7. The standard InChI is InChI=1S/C13H22N4O/c1-3-14-12-5-4-6-13(16-12)15-9-11-10-17(2)7-8-18-11/h4-6,11H,3,7-10H2,1-2H3,(H2,14,15,16). The highest BCUT2D eigenvalue weighted by Crippen LogP contribution is 2.10. The van der Waals surface area contributed by atoms with Crippen LogP contribution in [0, 0.1) is 0 Å². The van der Waals surface area contributed by atoms with Crippen LogP contribution in [0.4, 0.5) is 11.6 Å². The summed E-state index contributed by atoms with van der Waals surface area (Å²) in [6.07, 6.45) is 0.244. The number of nitrogens with zero attached hydrogens (tertiary/aromatic N) is 2. The van der Waals surface area contributed by atoms with E-state index >= 15 is 0 Å². The number of hydrogen-bond donors (Lipinski definition) is 2. The maximum atomic E-state index is 5.70. The summed E-state index contributed by atoms with van der Waals surface area (Å²) in [7, 11) is 2.12. The molecule has 2 rings (SSSR count). The summed E-state index contributed by atoms with van der Waals surface area (Å²) in [6, 6.07) is 5.95. The predicted octanol–water partition coefficient (Wildman–Crippen LogP) is 1.26. The van der Waals surface area contributed by atoms with E-state index in [9.17, 15) is 0 Å². The van der Waals surface area contributed by atoms with Gasteiger partial charge in [0.2, 0.25) is 0 Å². The summed E-state index contributed by atoms with van der Waals surface area (Å²) in [4.78, 5) is 6.76. The van der Waals surface area contributed by atoms with E-state index in [1.165, 1.54) is 0 Å². The van der Waals surface area contributed by atoms with Crippen LogP contribution in [0.25, 0.3) is 0 Å². The van der Waals surface area contributed by atoms with Crippen molar-refractivity contribution in [1.29, 1.82) is 0 Å². The van der Waals surface area contributed by atoms with Crippen molar-refractivity contribution in [1.82, 2.24) is 9.88 Å². The van der Waals surface area contributed by atoms with Crippen LogP contribution >= 0.6 is 0 Å². The van der Waals surface area contributed by atoms with Gasteiger partial charge >= 0.3 is 0 Å². The lowest BCUT2D eigenvalue weighted by Gasteiger charge is -2.30. The molecule has 1 aliphatic heterocycles. The highest BCUT2D eigenvalue weighted by molar-refractivity contribution is 5.45. The number of rotatable bonds is 5. The van der Waals surface area contributed by atoms with Gasteiger partial charge in [0.1, 0.15) is 11.6 Å². The van der Waals surface area contributed by atoms with Crippen LogP contribution < -0.4 is 10.6 Å². The van der Waals surface area contributed by atoms with Gasteiger partial charge < -0.3 is 20.3 Å². The highest BCUT2D eigenvalue weighted by atomic mass is 16.5. The summed E-state index contributed by atoms with van der Waals surface area (Å²) in [5.74, 6) is 1.80. The number of ether oxygens (including phenoxy) is 1. The fraction of sp³-hybridized carbons (Fsp3) is 0.615. The zero-order chi connectivity index (χ0) is 12.8. The fourth-order valence-corrected chi connectivity index (χ4v) is 2.02. The fourth-order valence-electron chi connectivity index (χ4n) is 2.02. The number of aromatic nitrogens is 1. The summed E-state index contributed by atoms with van der Waals surface area (Å²) in [6.45, 7) is 6.55. The van der Waals surface area contributed by atoms with Crippen LogP contribution in [0.15, 0.2) is 18.2 Å². The maximum absolute atomic E-state index is 5.70. The molecule has 100 valence electrons. The summed E-state index contributed by atoms with van der Waals surface area (Å²) in [5.41, 5.74) is 0. The Morgan fingerprint density at radius 1 is 1.39 bits per heavy atom. The lowest BCUT2D eigenvalue weighted by molar-refractivity contribution is -0.0117. The zero-order valence-electron chi connectivity index (χ0n) is 11.1. The Bertz CT molecular complexity index is 372. The molecule has 1 aromatic heterocycles. The van der Waals surface area contributed by atoms with Crippen molar-refractivity contribution < 1.29 is 4.74 Å². The average Bonchev–Trinajstić information content (AvgIpc) is 2.37. The SMILES string of the molecule is CCNc1cccc(NCC2CN(C)CCO2)n1. The lowest BCUT2D eigenvalue weighted by atomic mass is 10.3. The van der Waals surface area contributed by atoms with Crippen molar-refractivity contribution in [3.8, 4) is 0 Å². The third-order valence-electron chi connectivity index (χ3n) is 2.96. The first-order valence-corrected chi connectivity index (χ1v) is 6.53. The average molecular weight is 250 g/mol. The van der Waals surface area contributed by atoms with E-state index in [1.54, 1.807) is 0 Å². The highest BCUT2D eigenvalue weighted by Gasteiger charge is 2.17. The minimum atomic E-state index is 0.244. The van der Waals surface area contributed by atoms with E-state index in [-0.39, 0.29) is 6.10 Å². The molecule has 1 aliphatic rings. The molecule has 1 fully saturated rings. The first-order chi connectivity index (χ1) is 8.78. The molecule has 0 radical (unpaired) electrons. The molecule has 18 heavy (non-hydrogen) atoms. The first-order valence-electron chi connectivity index (χ1n) is 6.53. The largest absolute Gasteiger partial charge is 0.374 e. The van der Waals surface area contributed by atoms with Crippen molar-refractivity contribution in [2.24, 2.45) is 0 Å². The number of likely N-dealkylation sites (N-methyl/N-ethyl adjacent to an activating group) is 1. The van der Waals surface area contributed by atoms with Gasteiger partial charge in [-0.05, 0) is 26.1 Å². The number of hydrogen-bond acceptors (Lipinski definition) is 5. The second-order valence-corrected chi connectivity index (χ2v) is 4.57. The van der Waals surface area contributed by atoms with Gasteiger partial charge in [0.05, 0.1) is 12.7 Å². The van der Waals surface area contributed by atoms with Gasteiger partial charge in [0, 0.05) is 26.2 Å². The molecule has 2 heterocycles. The molecule has 1 aromatic rings.